The van der Waals surface area contributed by atoms with Gasteiger partial charge >= 0.3 is 0 Å². The Morgan fingerprint density at radius 1 is 1.28 bits per heavy atom. The van der Waals surface area contributed by atoms with Crippen molar-refractivity contribution in [2.45, 2.75) is 19.9 Å². The van der Waals surface area contributed by atoms with E-state index in [-0.39, 0.29) is 11.9 Å². The summed E-state index contributed by atoms with van der Waals surface area (Å²) in [4.78, 5) is 21.8. The fraction of sp³-hybridized carbons (Fsp3) is 0.364. The predicted molar refractivity (Wildman–Crippen MR) is 116 cm³/mol. The highest BCUT2D eigenvalue weighted by molar-refractivity contribution is 7.17. The van der Waals surface area contributed by atoms with E-state index in [9.17, 15) is 4.79 Å². The molecule has 0 saturated carbocycles. The van der Waals surface area contributed by atoms with E-state index in [0.29, 0.717) is 0 Å². The maximum Gasteiger partial charge on any atom is 0.244 e. The van der Waals surface area contributed by atoms with Gasteiger partial charge in [0.2, 0.25) is 5.91 Å². The van der Waals surface area contributed by atoms with E-state index in [1.165, 1.54) is 4.88 Å². The van der Waals surface area contributed by atoms with Gasteiger partial charge in [-0.1, -0.05) is 30.3 Å². The predicted octanol–water partition coefficient (Wildman–Crippen LogP) is 3.22. The van der Waals surface area contributed by atoms with Crippen LogP contribution in [0, 0.1) is 13.8 Å². The van der Waals surface area contributed by atoms with Gasteiger partial charge < -0.3 is 10.1 Å². The van der Waals surface area contributed by atoms with Gasteiger partial charge in [0.05, 0.1) is 30.6 Å². The number of nitrogens with zero attached hydrogens (tertiary/aromatic N) is 3. The Labute approximate surface area is 174 Å². The minimum absolute atomic E-state index is 0.0681. The number of thiazole rings is 1. The first-order chi connectivity index (χ1) is 14.1. The Morgan fingerprint density at radius 2 is 2.03 bits per heavy atom. The van der Waals surface area contributed by atoms with Crippen molar-refractivity contribution in [2.75, 3.05) is 32.8 Å². The van der Waals surface area contributed by atoms with Gasteiger partial charge in [-0.2, -0.15) is 0 Å². The van der Waals surface area contributed by atoms with Gasteiger partial charge in [-0.05, 0) is 25.5 Å². The molecule has 1 atom stereocenters. The number of nitrogens with one attached hydrogen (secondary N) is 1. The highest BCUT2D eigenvalue weighted by Gasteiger charge is 2.19. The van der Waals surface area contributed by atoms with Crippen LogP contribution in [0.2, 0.25) is 0 Å². The average Bonchev–Trinajstić information content (AvgIpc) is 3.22. The van der Waals surface area contributed by atoms with Crippen LogP contribution in [0.1, 0.15) is 27.9 Å². The number of hydrogen-bond donors (Lipinski definition) is 1. The molecule has 0 aliphatic carbocycles. The van der Waals surface area contributed by atoms with Gasteiger partial charge in [-0.15, -0.1) is 11.3 Å². The molecule has 1 fully saturated rings. The molecule has 0 radical (unpaired) electrons. The van der Waals surface area contributed by atoms with Gasteiger partial charge in [0.25, 0.3) is 0 Å². The maximum atomic E-state index is 12.7. The summed E-state index contributed by atoms with van der Waals surface area (Å²) in [7, 11) is 0. The zero-order chi connectivity index (χ0) is 20.2. The molecule has 2 aromatic heterocycles. The number of hydrogen-bond acceptors (Lipinski definition) is 5. The summed E-state index contributed by atoms with van der Waals surface area (Å²) >= 11 is 1.65. The standard InChI is InChI=1S/C22H26N4O2S/c1-16-14-26-20(17(2)23-22(26)29-16)8-9-21(27)24-19(18-6-4-3-5-7-18)15-25-10-12-28-13-11-25/h3-9,14,19H,10-13,15H2,1-2H3,(H,24,27)/b9-8+. The summed E-state index contributed by atoms with van der Waals surface area (Å²) in [5.74, 6) is -0.103. The fourth-order valence-corrected chi connectivity index (χ4v) is 4.50. The molecule has 29 heavy (non-hydrogen) atoms. The first kappa shape index (κ1) is 19.8. The Morgan fingerprint density at radius 3 is 2.79 bits per heavy atom. The second-order valence-electron chi connectivity index (χ2n) is 7.30. The number of aryl methyl sites for hydroxylation is 2. The topological polar surface area (TPSA) is 58.9 Å². The molecule has 1 unspecified atom stereocenters. The van der Waals surface area contributed by atoms with E-state index in [1.807, 2.05) is 35.6 Å². The zero-order valence-electron chi connectivity index (χ0n) is 16.8. The van der Waals surface area contributed by atoms with Crippen LogP contribution < -0.4 is 5.32 Å². The number of amides is 1. The number of ether oxygens (including phenoxy) is 1. The molecule has 0 bridgehead atoms. The smallest absolute Gasteiger partial charge is 0.244 e. The minimum Gasteiger partial charge on any atom is -0.379 e. The number of fused-ring (bicyclic) bond motifs is 1. The monoisotopic (exact) mass is 410 g/mol. The van der Waals surface area contributed by atoms with E-state index >= 15 is 0 Å². The van der Waals surface area contributed by atoms with E-state index in [4.69, 9.17) is 4.74 Å². The third kappa shape index (κ3) is 4.75. The van der Waals surface area contributed by atoms with Crippen molar-refractivity contribution < 1.29 is 9.53 Å². The lowest BCUT2D eigenvalue weighted by Crippen LogP contribution is -2.42. The molecule has 152 valence electrons. The van der Waals surface area contributed by atoms with E-state index in [1.54, 1.807) is 17.4 Å². The minimum atomic E-state index is -0.103. The van der Waals surface area contributed by atoms with Crippen molar-refractivity contribution in [2.24, 2.45) is 0 Å². The van der Waals surface area contributed by atoms with Crippen LogP contribution in [0.3, 0.4) is 0 Å². The molecule has 1 aliphatic heterocycles. The normalized spacial score (nSPS) is 16.5. The lowest BCUT2D eigenvalue weighted by molar-refractivity contribution is -0.117. The van der Waals surface area contributed by atoms with Gasteiger partial charge in [0, 0.05) is 36.8 Å². The van der Waals surface area contributed by atoms with Crippen LogP contribution in [0.4, 0.5) is 0 Å². The number of carbonyl (C=O) groups excluding carboxylic acids is 1. The van der Waals surface area contributed by atoms with E-state index < -0.39 is 0 Å². The quantitative estimate of drug-likeness (QED) is 0.634. The number of carbonyl (C=O) groups is 1. The fourth-order valence-electron chi connectivity index (χ4n) is 3.62. The van der Waals surface area contributed by atoms with E-state index in [0.717, 1.165) is 54.8 Å². The molecule has 7 heteroatoms. The van der Waals surface area contributed by atoms with Crippen LogP contribution >= 0.6 is 11.3 Å². The molecule has 1 amide bonds. The number of rotatable bonds is 6. The lowest BCUT2D eigenvalue weighted by atomic mass is 10.1. The van der Waals surface area contributed by atoms with Gasteiger partial charge in [-0.3, -0.25) is 14.1 Å². The van der Waals surface area contributed by atoms with Crippen LogP contribution in [0.25, 0.3) is 11.0 Å². The summed E-state index contributed by atoms with van der Waals surface area (Å²) in [6, 6.07) is 10.1. The van der Waals surface area contributed by atoms with Crippen LogP contribution in [0.15, 0.2) is 42.6 Å². The first-order valence-electron chi connectivity index (χ1n) is 9.89. The molecule has 1 saturated heterocycles. The largest absolute Gasteiger partial charge is 0.379 e. The number of morpholine rings is 1. The molecule has 6 nitrogen and oxygen atoms in total. The molecule has 1 aliphatic rings. The summed E-state index contributed by atoms with van der Waals surface area (Å²) in [5.41, 5.74) is 2.98. The summed E-state index contributed by atoms with van der Waals surface area (Å²) < 4.78 is 7.49. The number of imidazole rings is 1. The van der Waals surface area contributed by atoms with Crippen LogP contribution in [0.5, 0.6) is 0 Å². The molecule has 3 heterocycles. The number of aromatic nitrogens is 2. The SMILES string of the molecule is Cc1cn2c(/C=C/C(=O)NC(CN3CCOCC3)c3ccccc3)c(C)nc2s1. The van der Waals surface area contributed by atoms with Crippen LogP contribution in [-0.4, -0.2) is 53.0 Å². The van der Waals surface area contributed by atoms with Crippen molar-refractivity contribution in [3.8, 4) is 0 Å². The second-order valence-corrected chi connectivity index (χ2v) is 8.51. The van der Waals surface area contributed by atoms with Crippen molar-refractivity contribution in [1.29, 1.82) is 0 Å². The third-order valence-electron chi connectivity index (χ3n) is 5.12. The van der Waals surface area contributed by atoms with Gasteiger partial charge in [0.15, 0.2) is 4.96 Å². The van der Waals surface area contributed by atoms with Gasteiger partial charge in [0.1, 0.15) is 0 Å². The average molecular weight is 411 g/mol. The molecular formula is C22H26N4O2S. The highest BCUT2D eigenvalue weighted by atomic mass is 32.1. The Kier molecular flexibility index (Phi) is 6.08. The van der Waals surface area contributed by atoms with Crippen molar-refractivity contribution in [3.63, 3.8) is 0 Å². The molecule has 4 rings (SSSR count). The Bertz CT molecular complexity index is 1000. The van der Waals surface area contributed by atoms with Crippen molar-refractivity contribution in [3.05, 3.63) is 64.4 Å². The molecule has 0 spiro atoms. The Balaban J connectivity index is 1.49. The molecule has 1 N–H and O–H groups in total. The molecule has 1 aromatic carbocycles. The number of benzene rings is 1. The second kappa shape index (κ2) is 8.90. The van der Waals surface area contributed by atoms with E-state index in [2.05, 4.69) is 40.5 Å². The molecular weight excluding hydrogens is 384 g/mol. The van der Waals surface area contributed by atoms with Crippen molar-refractivity contribution in [1.82, 2.24) is 19.6 Å². The third-order valence-corrected chi connectivity index (χ3v) is 6.02. The summed E-state index contributed by atoms with van der Waals surface area (Å²) in [6.07, 6.45) is 5.52. The van der Waals surface area contributed by atoms with Gasteiger partial charge in [-0.25, -0.2) is 4.98 Å². The summed E-state index contributed by atoms with van der Waals surface area (Å²) in [5, 5.41) is 3.18. The maximum absolute atomic E-state index is 12.7. The van der Waals surface area contributed by atoms with Crippen molar-refractivity contribution >= 4 is 28.3 Å². The van der Waals surface area contributed by atoms with Crippen LogP contribution in [-0.2, 0) is 9.53 Å². The summed E-state index contributed by atoms with van der Waals surface area (Å²) in [6.45, 7) is 8.06. The first-order valence-corrected chi connectivity index (χ1v) is 10.7. The Hall–Kier alpha value is -2.48. The zero-order valence-corrected chi connectivity index (χ0v) is 17.6. The lowest BCUT2D eigenvalue weighted by Gasteiger charge is -2.31. The highest BCUT2D eigenvalue weighted by Crippen LogP contribution is 2.21. The molecule has 3 aromatic rings.